The van der Waals surface area contributed by atoms with Crippen LogP contribution in [-0.4, -0.2) is 23.5 Å². The van der Waals surface area contributed by atoms with Crippen molar-refractivity contribution in [1.29, 1.82) is 0 Å². The van der Waals surface area contributed by atoms with E-state index in [1.165, 1.54) is 0 Å². The van der Waals surface area contributed by atoms with E-state index in [0.717, 1.165) is 6.42 Å². The molecule has 0 saturated carbocycles. The summed E-state index contributed by atoms with van der Waals surface area (Å²) in [6.07, 6.45) is 5.58. The Labute approximate surface area is 89.4 Å². The maximum atomic E-state index is 11.7. The Bertz CT molecular complexity index is 273. The molecule has 15 heavy (non-hydrogen) atoms. The molecule has 0 spiro atoms. The normalized spacial score (nSPS) is 24.9. The van der Waals surface area contributed by atoms with E-state index in [0.29, 0.717) is 19.4 Å². The average molecular weight is 211 g/mol. The van der Waals surface area contributed by atoms with Gasteiger partial charge in [-0.3, -0.25) is 9.59 Å². The molecule has 4 heteroatoms. The van der Waals surface area contributed by atoms with E-state index in [9.17, 15) is 9.59 Å². The Morgan fingerprint density at radius 1 is 1.33 bits per heavy atom. The van der Waals surface area contributed by atoms with Crippen LogP contribution in [0.4, 0.5) is 0 Å². The summed E-state index contributed by atoms with van der Waals surface area (Å²) in [6.45, 7) is 2.58. The van der Waals surface area contributed by atoms with Crippen molar-refractivity contribution in [2.45, 2.75) is 26.2 Å². The zero-order chi connectivity index (χ0) is 11.3. The molecule has 1 aliphatic rings. The van der Waals surface area contributed by atoms with Gasteiger partial charge < -0.3 is 10.4 Å². The van der Waals surface area contributed by atoms with E-state index in [4.69, 9.17) is 5.11 Å². The van der Waals surface area contributed by atoms with Crippen molar-refractivity contribution in [2.75, 3.05) is 6.54 Å². The molecule has 0 saturated heterocycles. The predicted molar refractivity (Wildman–Crippen MR) is 56.3 cm³/mol. The van der Waals surface area contributed by atoms with Gasteiger partial charge in [0, 0.05) is 6.54 Å². The second kappa shape index (κ2) is 5.53. The number of nitrogens with one attached hydrogen (secondary N) is 1. The summed E-state index contributed by atoms with van der Waals surface area (Å²) >= 11 is 0. The third kappa shape index (κ3) is 3.08. The Hall–Kier alpha value is -1.32. The first-order chi connectivity index (χ1) is 7.16. The second-order valence-corrected chi connectivity index (χ2v) is 3.79. The number of amides is 1. The van der Waals surface area contributed by atoms with E-state index < -0.39 is 17.8 Å². The molecule has 2 atom stereocenters. The smallest absolute Gasteiger partial charge is 0.307 e. The third-order valence-corrected chi connectivity index (χ3v) is 2.64. The molecule has 0 aliphatic heterocycles. The van der Waals surface area contributed by atoms with E-state index in [1.54, 1.807) is 0 Å². The highest BCUT2D eigenvalue weighted by Gasteiger charge is 2.33. The SMILES string of the molecule is CCCNC(=O)C1CC=CCC1C(=O)O. The number of carboxylic acids is 1. The molecule has 0 heterocycles. The number of aliphatic carboxylic acids is 1. The first-order valence-electron chi connectivity index (χ1n) is 5.32. The summed E-state index contributed by atoms with van der Waals surface area (Å²) < 4.78 is 0. The molecule has 0 aromatic rings. The summed E-state index contributed by atoms with van der Waals surface area (Å²) in [6, 6.07) is 0. The molecular formula is C11H17NO3. The largest absolute Gasteiger partial charge is 0.481 e. The van der Waals surface area contributed by atoms with Crippen LogP contribution < -0.4 is 5.32 Å². The molecule has 0 bridgehead atoms. The van der Waals surface area contributed by atoms with Crippen molar-refractivity contribution in [3.63, 3.8) is 0 Å². The van der Waals surface area contributed by atoms with Crippen LogP contribution in [-0.2, 0) is 9.59 Å². The lowest BCUT2D eigenvalue weighted by molar-refractivity contribution is -0.147. The highest BCUT2D eigenvalue weighted by Crippen LogP contribution is 2.25. The molecular weight excluding hydrogens is 194 g/mol. The standard InChI is InChI=1S/C11H17NO3/c1-2-7-12-10(13)8-5-3-4-6-9(8)11(14)15/h3-4,8-9H,2,5-7H2,1H3,(H,12,13)(H,14,15). The number of carbonyl (C=O) groups excluding carboxylic acids is 1. The lowest BCUT2D eigenvalue weighted by atomic mass is 9.82. The summed E-state index contributed by atoms with van der Waals surface area (Å²) in [4.78, 5) is 22.6. The van der Waals surface area contributed by atoms with E-state index in [1.807, 2.05) is 19.1 Å². The maximum Gasteiger partial charge on any atom is 0.307 e. The Balaban J connectivity index is 2.60. The van der Waals surface area contributed by atoms with Gasteiger partial charge in [-0.1, -0.05) is 19.1 Å². The summed E-state index contributed by atoms with van der Waals surface area (Å²) in [5, 5.41) is 11.7. The Morgan fingerprint density at radius 3 is 2.47 bits per heavy atom. The van der Waals surface area contributed by atoms with Gasteiger partial charge in [-0.2, -0.15) is 0 Å². The first kappa shape index (κ1) is 11.8. The molecule has 1 rings (SSSR count). The highest BCUT2D eigenvalue weighted by molar-refractivity contribution is 5.85. The molecule has 1 aliphatic carbocycles. The summed E-state index contributed by atoms with van der Waals surface area (Å²) in [5.74, 6) is -1.98. The molecule has 4 nitrogen and oxygen atoms in total. The van der Waals surface area contributed by atoms with Gasteiger partial charge in [0.1, 0.15) is 0 Å². The van der Waals surface area contributed by atoms with Crippen LogP contribution in [0.15, 0.2) is 12.2 Å². The Kier molecular flexibility index (Phi) is 4.34. The van der Waals surface area contributed by atoms with Crippen molar-refractivity contribution in [1.82, 2.24) is 5.32 Å². The van der Waals surface area contributed by atoms with Gasteiger partial charge in [-0.05, 0) is 19.3 Å². The molecule has 84 valence electrons. The topological polar surface area (TPSA) is 66.4 Å². The minimum Gasteiger partial charge on any atom is -0.481 e. The number of hydrogen-bond donors (Lipinski definition) is 2. The Morgan fingerprint density at radius 2 is 1.93 bits per heavy atom. The second-order valence-electron chi connectivity index (χ2n) is 3.79. The minimum atomic E-state index is -0.879. The number of rotatable bonds is 4. The van der Waals surface area contributed by atoms with Crippen LogP contribution in [0.5, 0.6) is 0 Å². The van der Waals surface area contributed by atoms with Gasteiger partial charge in [-0.25, -0.2) is 0 Å². The lowest BCUT2D eigenvalue weighted by Crippen LogP contribution is -2.39. The van der Waals surface area contributed by atoms with Gasteiger partial charge >= 0.3 is 5.97 Å². The van der Waals surface area contributed by atoms with Gasteiger partial charge in [0.05, 0.1) is 11.8 Å². The lowest BCUT2D eigenvalue weighted by Gasteiger charge is -2.24. The van der Waals surface area contributed by atoms with Gasteiger partial charge in [0.2, 0.25) is 5.91 Å². The van der Waals surface area contributed by atoms with Gasteiger partial charge in [0.25, 0.3) is 0 Å². The van der Waals surface area contributed by atoms with Crippen LogP contribution in [0.1, 0.15) is 26.2 Å². The number of carbonyl (C=O) groups is 2. The fourth-order valence-corrected chi connectivity index (χ4v) is 1.76. The molecule has 0 fully saturated rings. The van der Waals surface area contributed by atoms with Crippen LogP contribution in [0, 0.1) is 11.8 Å². The quantitative estimate of drug-likeness (QED) is 0.686. The van der Waals surface area contributed by atoms with Crippen LogP contribution in [0.2, 0.25) is 0 Å². The molecule has 2 N–H and O–H groups in total. The number of hydrogen-bond acceptors (Lipinski definition) is 2. The van der Waals surface area contributed by atoms with Crippen molar-refractivity contribution >= 4 is 11.9 Å². The van der Waals surface area contributed by atoms with Crippen molar-refractivity contribution in [3.8, 4) is 0 Å². The summed E-state index contributed by atoms with van der Waals surface area (Å²) in [5.41, 5.74) is 0. The zero-order valence-electron chi connectivity index (χ0n) is 8.90. The fraction of sp³-hybridized carbons (Fsp3) is 0.636. The van der Waals surface area contributed by atoms with Crippen molar-refractivity contribution in [3.05, 3.63) is 12.2 Å². The third-order valence-electron chi connectivity index (χ3n) is 2.64. The van der Waals surface area contributed by atoms with Crippen LogP contribution in [0.3, 0.4) is 0 Å². The predicted octanol–water partition coefficient (Wildman–Crippen LogP) is 1.18. The molecule has 0 aromatic heterocycles. The summed E-state index contributed by atoms with van der Waals surface area (Å²) in [7, 11) is 0. The fourth-order valence-electron chi connectivity index (χ4n) is 1.76. The number of carboxylic acid groups (broad SMARTS) is 1. The average Bonchev–Trinajstić information content (AvgIpc) is 2.25. The molecule has 1 amide bonds. The molecule has 0 aromatic carbocycles. The van der Waals surface area contributed by atoms with Crippen LogP contribution in [0.25, 0.3) is 0 Å². The maximum absolute atomic E-state index is 11.7. The van der Waals surface area contributed by atoms with Crippen LogP contribution >= 0.6 is 0 Å². The van der Waals surface area contributed by atoms with E-state index >= 15 is 0 Å². The zero-order valence-corrected chi connectivity index (χ0v) is 8.90. The van der Waals surface area contributed by atoms with Crippen molar-refractivity contribution in [2.24, 2.45) is 11.8 Å². The van der Waals surface area contributed by atoms with Gasteiger partial charge in [-0.15, -0.1) is 0 Å². The molecule has 0 radical (unpaired) electrons. The highest BCUT2D eigenvalue weighted by atomic mass is 16.4. The monoisotopic (exact) mass is 211 g/mol. The molecule has 2 unspecified atom stereocenters. The van der Waals surface area contributed by atoms with E-state index in [-0.39, 0.29) is 5.91 Å². The van der Waals surface area contributed by atoms with Gasteiger partial charge in [0.15, 0.2) is 0 Å². The minimum absolute atomic E-state index is 0.131. The van der Waals surface area contributed by atoms with Crippen molar-refractivity contribution < 1.29 is 14.7 Å². The van der Waals surface area contributed by atoms with E-state index in [2.05, 4.69) is 5.32 Å². The first-order valence-corrected chi connectivity index (χ1v) is 5.32. The number of allylic oxidation sites excluding steroid dienone is 2.